The van der Waals surface area contributed by atoms with E-state index >= 15 is 0 Å². The third-order valence-corrected chi connectivity index (χ3v) is 1.81. The highest BCUT2D eigenvalue weighted by molar-refractivity contribution is 4.98. The zero-order chi connectivity index (χ0) is 8.69. The molecule has 0 aromatic rings. The molecular formula is C10H19N. The molecule has 1 atom stereocenters. The Morgan fingerprint density at radius 3 is 2.64 bits per heavy atom. The molecule has 1 heteroatoms. The summed E-state index contributed by atoms with van der Waals surface area (Å²) in [6.45, 7) is 8.23. The van der Waals surface area contributed by atoms with Gasteiger partial charge in [0.2, 0.25) is 0 Å². The molecule has 0 spiro atoms. The van der Waals surface area contributed by atoms with Gasteiger partial charge in [0.05, 0.1) is 0 Å². The first-order chi connectivity index (χ1) is 5.22. The Hall–Kier alpha value is -0.720. The van der Waals surface area contributed by atoms with Crippen molar-refractivity contribution in [3.05, 3.63) is 24.4 Å². The van der Waals surface area contributed by atoms with Crippen LogP contribution in [-0.4, -0.2) is 7.05 Å². The van der Waals surface area contributed by atoms with E-state index in [4.69, 9.17) is 0 Å². The molecule has 0 aromatic carbocycles. The summed E-state index contributed by atoms with van der Waals surface area (Å²) in [5, 5.41) is 3.06. The topological polar surface area (TPSA) is 12.0 Å². The van der Waals surface area contributed by atoms with Crippen LogP contribution in [-0.2, 0) is 0 Å². The Bertz CT molecular complexity index is 136. The summed E-state index contributed by atoms with van der Waals surface area (Å²) < 4.78 is 0. The van der Waals surface area contributed by atoms with E-state index < -0.39 is 0 Å². The second kappa shape index (κ2) is 6.02. The van der Waals surface area contributed by atoms with Gasteiger partial charge in [-0.3, -0.25) is 0 Å². The standard InChI is InChI=1S/C10H19N/c1-5-6-7-8-9(2)10(3)11-4/h6-7,9,11H,3,5,8H2,1-2,4H3/b7-6+. The van der Waals surface area contributed by atoms with Crippen molar-refractivity contribution < 1.29 is 0 Å². The highest BCUT2D eigenvalue weighted by Crippen LogP contribution is 2.09. The zero-order valence-corrected chi connectivity index (χ0v) is 7.85. The monoisotopic (exact) mass is 153 g/mol. The predicted octanol–water partition coefficient (Wildman–Crippen LogP) is 2.71. The number of allylic oxidation sites excluding steroid dienone is 3. The van der Waals surface area contributed by atoms with Gasteiger partial charge in [0, 0.05) is 12.7 Å². The molecule has 0 aliphatic carbocycles. The number of hydrogen-bond donors (Lipinski definition) is 1. The molecule has 0 heterocycles. The molecule has 1 unspecified atom stereocenters. The minimum Gasteiger partial charge on any atom is -0.392 e. The molecule has 1 N–H and O–H groups in total. The van der Waals surface area contributed by atoms with Crippen molar-refractivity contribution in [3.63, 3.8) is 0 Å². The number of nitrogens with one attached hydrogen (secondary N) is 1. The lowest BCUT2D eigenvalue weighted by Gasteiger charge is -2.11. The highest BCUT2D eigenvalue weighted by Gasteiger charge is 2.00. The van der Waals surface area contributed by atoms with E-state index in [1.807, 2.05) is 7.05 Å². The van der Waals surface area contributed by atoms with Crippen molar-refractivity contribution in [3.8, 4) is 0 Å². The van der Waals surface area contributed by atoms with Gasteiger partial charge in [-0.05, 0) is 18.8 Å². The molecule has 0 amide bonds. The van der Waals surface area contributed by atoms with Crippen LogP contribution in [0, 0.1) is 5.92 Å². The summed E-state index contributed by atoms with van der Waals surface area (Å²) >= 11 is 0. The molecule has 0 radical (unpaired) electrons. The lowest BCUT2D eigenvalue weighted by Crippen LogP contribution is -2.11. The molecule has 0 bridgehead atoms. The molecule has 0 fully saturated rings. The second-order valence-electron chi connectivity index (χ2n) is 2.79. The van der Waals surface area contributed by atoms with E-state index in [1.165, 1.54) is 0 Å². The third kappa shape index (κ3) is 4.65. The van der Waals surface area contributed by atoms with Gasteiger partial charge in [0.15, 0.2) is 0 Å². The molecule has 11 heavy (non-hydrogen) atoms. The molecule has 0 saturated heterocycles. The fraction of sp³-hybridized carbons (Fsp3) is 0.600. The van der Waals surface area contributed by atoms with Gasteiger partial charge in [-0.1, -0.05) is 32.6 Å². The molecule has 0 aliphatic heterocycles. The van der Waals surface area contributed by atoms with Crippen LogP contribution in [0.2, 0.25) is 0 Å². The third-order valence-electron chi connectivity index (χ3n) is 1.81. The zero-order valence-electron chi connectivity index (χ0n) is 7.85. The lowest BCUT2D eigenvalue weighted by atomic mass is 10.0. The van der Waals surface area contributed by atoms with E-state index in [-0.39, 0.29) is 0 Å². The van der Waals surface area contributed by atoms with E-state index in [0.29, 0.717) is 5.92 Å². The quantitative estimate of drug-likeness (QED) is 0.599. The van der Waals surface area contributed by atoms with Crippen LogP contribution in [0.15, 0.2) is 24.4 Å². The Kier molecular flexibility index (Phi) is 5.63. The maximum atomic E-state index is 3.91. The van der Waals surface area contributed by atoms with Crippen molar-refractivity contribution in [2.45, 2.75) is 26.7 Å². The first-order valence-corrected chi connectivity index (χ1v) is 4.23. The van der Waals surface area contributed by atoms with Gasteiger partial charge in [0.1, 0.15) is 0 Å². The van der Waals surface area contributed by atoms with E-state index in [1.54, 1.807) is 0 Å². The van der Waals surface area contributed by atoms with Crippen LogP contribution >= 0.6 is 0 Å². The molecule has 0 aromatic heterocycles. The van der Waals surface area contributed by atoms with Crippen LogP contribution < -0.4 is 5.32 Å². The first-order valence-electron chi connectivity index (χ1n) is 4.23. The average Bonchev–Trinajstić information content (AvgIpc) is 2.03. The smallest absolute Gasteiger partial charge is 0.00629 e. The highest BCUT2D eigenvalue weighted by atomic mass is 14.8. The van der Waals surface area contributed by atoms with Crippen molar-refractivity contribution >= 4 is 0 Å². The van der Waals surface area contributed by atoms with Crippen LogP contribution in [0.1, 0.15) is 26.7 Å². The maximum absolute atomic E-state index is 3.91. The first kappa shape index (κ1) is 10.3. The van der Waals surface area contributed by atoms with Gasteiger partial charge in [-0.2, -0.15) is 0 Å². The maximum Gasteiger partial charge on any atom is 0.00629 e. The second-order valence-corrected chi connectivity index (χ2v) is 2.79. The summed E-state index contributed by atoms with van der Waals surface area (Å²) in [5.74, 6) is 0.544. The number of rotatable bonds is 5. The van der Waals surface area contributed by atoms with Crippen LogP contribution in [0.25, 0.3) is 0 Å². The SMILES string of the molecule is C=C(NC)C(C)C/C=C/CC. The molecule has 1 nitrogen and oxygen atoms in total. The molecule has 0 rings (SSSR count). The van der Waals surface area contributed by atoms with Gasteiger partial charge in [-0.25, -0.2) is 0 Å². The molecule has 0 saturated carbocycles. The summed E-state index contributed by atoms with van der Waals surface area (Å²) in [6.07, 6.45) is 6.62. The van der Waals surface area contributed by atoms with Crippen LogP contribution in [0.3, 0.4) is 0 Å². The van der Waals surface area contributed by atoms with E-state index in [9.17, 15) is 0 Å². The van der Waals surface area contributed by atoms with Crippen molar-refractivity contribution in [2.75, 3.05) is 7.05 Å². The van der Waals surface area contributed by atoms with E-state index in [0.717, 1.165) is 18.5 Å². The summed E-state index contributed by atoms with van der Waals surface area (Å²) in [4.78, 5) is 0. The Balaban J connectivity index is 3.59. The van der Waals surface area contributed by atoms with Gasteiger partial charge in [-0.15, -0.1) is 0 Å². The predicted molar refractivity (Wildman–Crippen MR) is 51.4 cm³/mol. The largest absolute Gasteiger partial charge is 0.392 e. The molecule has 0 aliphatic rings. The van der Waals surface area contributed by atoms with Gasteiger partial charge >= 0.3 is 0 Å². The summed E-state index contributed by atoms with van der Waals surface area (Å²) in [6, 6.07) is 0. The normalized spacial score (nSPS) is 13.4. The Morgan fingerprint density at radius 2 is 2.18 bits per heavy atom. The number of hydrogen-bond acceptors (Lipinski definition) is 1. The summed E-state index contributed by atoms with van der Waals surface area (Å²) in [5.41, 5.74) is 1.12. The van der Waals surface area contributed by atoms with Crippen molar-refractivity contribution in [2.24, 2.45) is 5.92 Å². The fourth-order valence-electron chi connectivity index (χ4n) is 0.856. The van der Waals surface area contributed by atoms with Crippen LogP contribution in [0.4, 0.5) is 0 Å². The average molecular weight is 153 g/mol. The van der Waals surface area contributed by atoms with E-state index in [2.05, 4.69) is 37.9 Å². The van der Waals surface area contributed by atoms with Crippen molar-refractivity contribution in [1.82, 2.24) is 5.32 Å². The van der Waals surface area contributed by atoms with Gasteiger partial charge in [0.25, 0.3) is 0 Å². The minimum absolute atomic E-state index is 0.544. The Morgan fingerprint density at radius 1 is 1.55 bits per heavy atom. The molecule has 64 valence electrons. The lowest BCUT2D eigenvalue weighted by molar-refractivity contribution is 0.646. The van der Waals surface area contributed by atoms with Gasteiger partial charge < -0.3 is 5.32 Å². The Labute approximate surface area is 70.2 Å². The minimum atomic E-state index is 0.544. The fourth-order valence-corrected chi connectivity index (χ4v) is 0.856. The van der Waals surface area contributed by atoms with Crippen molar-refractivity contribution in [1.29, 1.82) is 0 Å². The van der Waals surface area contributed by atoms with Crippen LogP contribution in [0.5, 0.6) is 0 Å². The molecular weight excluding hydrogens is 134 g/mol. The summed E-state index contributed by atoms with van der Waals surface area (Å²) in [7, 11) is 1.92.